The summed E-state index contributed by atoms with van der Waals surface area (Å²) in [5, 5.41) is 2.94. The number of anilines is 1. The van der Waals surface area contributed by atoms with Crippen molar-refractivity contribution in [2.75, 3.05) is 12.4 Å². The molecule has 214 valence electrons. The number of amides is 2. The molecule has 41 heavy (non-hydrogen) atoms. The Hall–Kier alpha value is -4.31. The van der Waals surface area contributed by atoms with Crippen molar-refractivity contribution < 1.29 is 39.8 Å². The third-order valence-corrected chi connectivity index (χ3v) is 7.82. The van der Waals surface area contributed by atoms with E-state index >= 15 is 0 Å². The summed E-state index contributed by atoms with van der Waals surface area (Å²) in [6.45, 7) is -2.76. The van der Waals surface area contributed by atoms with E-state index in [1.165, 1.54) is 37.4 Å². The van der Waals surface area contributed by atoms with Crippen LogP contribution in [-0.2, 0) is 28.2 Å². The van der Waals surface area contributed by atoms with E-state index < -0.39 is 64.6 Å². The number of carbonyl (C=O) groups is 2. The van der Waals surface area contributed by atoms with Crippen molar-refractivity contribution in [2.45, 2.75) is 49.8 Å². The molecule has 1 aromatic heterocycles. The van der Waals surface area contributed by atoms with Gasteiger partial charge < -0.3 is 14.0 Å². The molecule has 0 bridgehead atoms. The minimum absolute atomic E-state index is 0.0118. The SMILES string of the molecule is [2H]C([2H])([2H])c1ccccc1S(=O)(=O)NC(=O)c1ccc(C([2H])([2H])c2cn(C)c3ccc(NC(=O)OC4CC([2H])([2H])C([2H])([2H])C4)cc23)c(OC)c1. The maximum atomic E-state index is 13.1. The van der Waals surface area contributed by atoms with E-state index in [1.54, 1.807) is 29.9 Å². The van der Waals surface area contributed by atoms with Gasteiger partial charge in [-0.05, 0) is 85.5 Å². The lowest BCUT2D eigenvalue weighted by Gasteiger charge is -2.13. The van der Waals surface area contributed by atoms with Gasteiger partial charge in [0, 0.05) is 54.1 Å². The summed E-state index contributed by atoms with van der Waals surface area (Å²) in [5.74, 6) is -1.19. The Morgan fingerprint density at radius 3 is 2.63 bits per heavy atom. The number of nitrogens with one attached hydrogen (secondary N) is 2. The van der Waals surface area contributed by atoms with Crippen molar-refractivity contribution in [1.82, 2.24) is 9.29 Å². The van der Waals surface area contributed by atoms with Crippen molar-refractivity contribution in [3.8, 4) is 5.75 Å². The summed E-state index contributed by atoms with van der Waals surface area (Å²) in [6, 6.07) is 13.3. The molecule has 0 atom stereocenters. The largest absolute Gasteiger partial charge is 0.496 e. The number of hydrogen-bond donors (Lipinski definition) is 2. The maximum absolute atomic E-state index is 13.1. The van der Waals surface area contributed by atoms with E-state index in [2.05, 4.69) is 5.32 Å². The topological polar surface area (TPSA) is 116 Å². The van der Waals surface area contributed by atoms with Gasteiger partial charge in [0.2, 0.25) is 0 Å². The van der Waals surface area contributed by atoms with Crippen molar-refractivity contribution in [1.29, 1.82) is 0 Å². The van der Waals surface area contributed by atoms with E-state index in [0.717, 1.165) is 18.2 Å². The highest BCUT2D eigenvalue weighted by Crippen LogP contribution is 2.30. The Labute approximate surface area is 252 Å². The third kappa shape index (κ3) is 6.22. The minimum atomic E-state index is -4.62. The molecule has 1 aliphatic carbocycles. The van der Waals surface area contributed by atoms with Crippen LogP contribution in [0.3, 0.4) is 0 Å². The van der Waals surface area contributed by atoms with E-state index in [9.17, 15) is 18.0 Å². The molecule has 0 unspecified atom stereocenters. The molecule has 0 radical (unpaired) electrons. The molecule has 5 rings (SSSR count). The van der Waals surface area contributed by atoms with Gasteiger partial charge in [0.25, 0.3) is 15.9 Å². The number of sulfonamides is 1. The predicted molar refractivity (Wildman–Crippen MR) is 157 cm³/mol. The second kappa shape index (κ2) is 11.7. The van der Waals surface area contributed by atoms with E-state index in [4.69, 9.17) is 21.8 Å². The third-order valence-electron chi connectivity index (χ3n) is 6.43. The van der Waals surface area contributed by atoms with Crippen molar-refractivity contribution in [2.24, 2.45) is 7.05 Å². The Morgan fingerprint density at radius 2 is 1.88 bits per heavy atom. The zero-order chi connectivity index (χ0) is 37.0. The minimum Gasteiger partial charge on any atom is -0.496 e. The molecule has 1 saturated carbocycles. The molecule has 4 aromatic rings. The summed E-state index contributed by atoms with van der Waals surface area (Å²) >= 11 is 0. The lowest BCUT2D eigenvalue weighted by atomic mass is 10.0. The van der Waals surface area contributed by atoms with Gasteiger partial charge in [0.1, 0.15) is 11.9 Å². The van der Waals surface area contributed by atoms with Crippen LogP contribution < -0.4 is 14.8 Å². The number of methoxy groups -OCH3 is 1. The number of aromatic nitrogens is 1. The highest BCUT2D eigenvalue weighted by Gasteiger charge is 2.22. The number of carbonyl (C=O) groups excluding carboxylic acids is 2. The second-order valence-electron chi connectivity index (χ2n) is 9.27. The molecular formula is C31H33N3O6S. The highest BCUT2D eigenvalue weighted by molar-refractivity contribution is 7.90. The van der Waals surface area contributed by atoms with Crippen LogP contribution in [-0.4, -0.2) is 38.2 Å². The zero-order valence-electron chi connectivity index (χ0n) is 31.1. The zero-order valence-corrected chi connectivity index (χ0v) is 23.0. The van der Waals surface area contributed by atoms with Crippen LogP contribution in [0.15, 0.2) is 71.8 Å². The summed E-state index contributed by atoms with van der Waals surface area (Å²) in [5.41, 5.74) is 0.301. The molecule has 2 amide bonds. The number of ether oxygens (including phenoxy) is 2. The molecule has 9 nitrogen and oxygen atoms in total. The van der Waals surface area contributed by atoms with Crippen LogP contribution in [0, 0.1) is 6.85 Å². The molecule has 0 spiro atoms. The van der Waals surface area contributed by atoms with Crippen LogP contribution >= 0.6 is 0 Å². The van der Waals surface area contributed by atoms with Crippen molar-refractivity contribution in [3.63, 3.8) is 0 Å². The first-order chi connectivity index (χ1) is 23.1. The van der Waals surface area contributed by atoms with Crippen LogP contribution in [0.25, 0.3) is 10.9 Å². The fraction of sp³-hybridized carbons (Fsp3) is 0.290. The molecule has 3 aromatic carbocycles. The average Bonchev–Trinajstić information content (AvgIpc) is 3.45. The van der Waals surface area contributed by atoms with Gasteiger partial charge in [-0.25, -0.2) is 17.9 Å². The van der Waals surface area contributed by atoms with Crippen LogP contribution in [0.5, 0.6) is 5.75 Å². The molecule has 10 heteroatoms. The van der Waals surface area contributed by atoms with E-state index in [1.807, 2.05) is 4.72 Å². The molecule has 2 N–H and O–H groups in total. The van der Waals surface area contributed by atoms with Gasteiger partial charge in [0.15, 0.2) is 0 Å². The number of benzene rings is 3. The number of nitrogens with zero attached hydrogens (tertiary/aromatic N) is 1. The Balaban J connectivity index is 1.41. The van der Waals surface area contributed by atoms with Gasteiger partial charge in [-0.1, -0.05) is 24.3 Å². The van der Waals surface area contributed by atoms with Gasteiger partial charge in [0.05, 0.1) is 12.0 Å². The van der Waals surface area contributed by atoms with E-state index in [0.29, 0.717) is 10.9 Å². The number of aryl methyl sites for hydroxylation is 2. The van der Waals surface area contributed by atoms with Gasteiger partial charge >= 0.3 is 6.09 Å². The highest BCUT2D eigenvalue weighted by atomic mass is 32.2. The first-order valence-corrected chi connectivity index (χ1v) is 14.0. The van der Waals surface area contributed by atoms with Crippen LogP contribution in [0.4, 0.5) is 10.5 Å². The lowest BCUT2D eigenvalue weighted by molar-refractivity contribution is 0.0980. The normalized spacial score (nSPS) is 20.1. The quantitative estimate of drug-likeness (QED) is 0.275. The van der Waals surface area contributed by atoms with Gasteiger partial charge in [-0.15, -0.1) is 0 Å². The van der Waals surface area contributed by atoms with Crippen molar-refractivity contribution in [3.05, 3.63) is 89.1 Å². The Kier molecular flexibility index (Phi) is 5.38. The van der Waals surface area contributed by atoms with Crippen LogP contribution in [0.1, 0.15) is 65.0 Å². The lowest BCUT2D eigenvalue weighted by Crippen LogP contribution is -2.31. The average molecular weight is 585 g/mol. The molecule has 1 fully saturated rings. The molecule has 0 aliphatic heterocycles. The maximum Gasteiger partial charge on any atom is 0.411 e. The number of fused-ring (bicyclic) bond motifs is 1. The Morgan fingerprint density at radius 1 is 1.10 bits per heavy atom. The standard InChI is InChI=1S/C31H33N3O6S/c1-20-8-4-7-11-29(20)41(37,38)33-30(35)22-13-12-21(28(17-22)39-3)16-23-19-34(2)27-15-14-24(18-26(23)27)32-31(36)40-25-9-5-6-10-25/h4,7-8,11-15,17-19,25H,5-6,9-10,16H2,1-3H3,(H,32,36)(H,33,35)/i1D3,5D2,6D2,16D2. The van der Waals surface area contributed by atoms with E-state index in [-0.39, 0.29) is 41.0 Å². The van der Waals surface area contributed by atoms with Gasteiger partial charge in [-0.2, -0.15) is 0 Å². The predicted octanol–water partition coefficient (Wildman–Crippen LogP) is 5.70. The molecular weight excluding hydrogens is 542 g/mol. The Bertz CT molecular complexity index is 2080. The molecule has 1 heterocycles. The molecule has 0 saturated heterocycles. The smallest absolute Gasteiger partial charge is 0.411 e. The van der Waals surface area contributed by atoms with Gasteiger partial charge in [-0.3, -0.25) is 10.1 Å². The number of hydrogen-bond acceptors (Lipinski definition) is 6. The first kappa shape index (κ1) is 18.9. The first-order valence-electron chi connectivity index (χ1n) is 17.0. The monoisotopic (exact) mass is 584 g/mol. The second-order valence-corrected chi connectivity index (χ2v) is 10.9. The summed E-state index contributed by atoms with van der Waals surface area (Å²) < 4.78 is 113. The summed E-state index contributed by atoms with van der Waals surface area (Å²) in [4.78, 5) is 25.2. The number of rotatable bonds is 8. The van der Waals surface area contributed by atoms with Crippen LogP contribution in [0.2, 0.25) is 0 Å². The fourth-order valence-electron chi connectivity index (χ4n) is 4.41. The summed E-state index contributed by atoms with van der Waals surface area (Å²) in [7, 11) is -1.68. The fourth-order valence-corrected chi connectivity index (χ4v) is 5.50. The summed E-state index contributed by atoms with van der Waals surface area (Å²) in [6.07, 6.45) is -7.55. The van der Waals surface area contributed by atoms with Crippen molar-refractivity contribution >= 4 is 38.6 Å². The molecule has 1 aliphatic rings.